The third kappa shape index (κ3) is 3.52. The van der Waals surface area contributed by atoms with Crippen LogP contribution in [-0.4, -0.2) is 25.4 Å². The van der Waals surface area contributed by atoms with E-state index in [2.05, 4.69) is 20.3 Å². The molecule has 0 bridgehead atoms. The van der Waals surface area contributed by atoms with Crippen molar-refractivity contribution in [1.29, 1.82) is 0 Å². The summed E-state index contributed by atoms with van der Waals surface area (Å²) in [5.41, 5.74) is 2.19. The molecule has 0 spiro atoms. The van der Waals surface area contributed by atoms with Gasteiger partial charge in [0.05, 0.1) is 23.9 Å². The third-order valence-electron chi connectivity index (χ3n) is 4.59. The van der Waals surface area contributed by atoms with Gasteiger partial charge < -0.3 is 14.3 Å². The Balaban J connectivity index is 1.65. The van der Waals surface area contributed by atoms with Crippen molar-refractivity contribution in [2.75, 3.05) is 0 Å². The molecule has 4 heterocycles. The Kier molecular flexibility index (Phi) is 4.90. The van der Waals surface area contributed by atoms with E-state index in [4.69, 9.17) is 4.42 Å². The number of furan rings is 1. The molecule has 4 rings (SSSR count). The molecule has 146 valence electrons. The topological polar surface area (TPSA) is 103 Å². The number of aryl methyl sites for hydroxylation is 2. The highest BCUT2D eigenvalue weighted by molar-refractivity contribution is 5.96. The van der Waals surface area contributed by atoms with Gasteiger partial charge in [0.2, 0.25) is 5.43 Å². The van der Waals surface area contributed by atoms with Gasteiger partial charge >= 0.3 is 0 Å². The van der Waals surface area contributed by atoms with Gasteiger partial charge in [0.15, 0.2) is 5.76 Å². The standard InChI is InChI=1S/C21H19N5O3/c1-3-26-12-15(19(27)14-7-6-13(2)25-20(14)26)21(28)24-11-16-18(23-9-8-22-16)17-5-4-10-29-17/h4-10,12H,3,11H2,1-2H3,(H,24,28). The number of nitrogens with zero attached hydrogens (tertiary/aromatic N) is 4. The molecule has 4 aromatic rings. The maximum absolute atomic E-state index is 12.9. The Labute approximate surface area is 166 Å². The Hall–Kier alpha value is -3.81. The SMILES string of the molecule is CCn1cc(C(=O)NCc2nccnc2-c2ccco2)c(=O)c2ccc(C)nc21. The summed E-state index contributed by atoms with van der Waals surface area (Å²) in [6.45, 7) is 4.49. The molecule has 0 unspecified atom stereocenters. The van der Waals surface area contributed by atoms with Crippen molar-refractivity contribution in [3.8, 4) is 11.5 Å². The first kappa shape index (κ1) is 18.5. The van der Waals surface area contributed by atoms with Gasteiger partial charge in [0, 0.05) is 30.8 Å². The van der Waals surface area contributed by atoms with Crippen molar-refractivity contribution >= 4 is 16.9 Å². The second-order valence-electron chi connectivity index (χ2n) is 6.49. The molecule has 0 radical (unpaired) electrons. The molecular weight excluding hydrogens is 370 g/mol. The number of hydrogen-bond donors (Lipinski definition) is 1. The van der Waals surface area contributed by atoms with E-state index < -0.39 is 5.91 Å². The molecule has 0 aliphatic rings. The number of aromatic nitrogens is 4. The van der Waals surface area contributed by atoms with Crippen LogP contribution in [0, 0.1) is 6.92 Å². The van der Waals surface area contributed by atoms with Gasteiger partial charge in [-0.2, -0.15) is 0 Å². The predicted molar refractivity (Wildman–Crippen MR) is 107 cm³/mol. The maximum Gasteiger partial charge on any atom is 0.257 e. The van der Waals surface area contributed by atoms with Gasteiger partial charge in [-0.05, 0) is 38.1 Å². The minimum Gasteiger partial charge on any atom is -0.463 e. The molecular formula is C21H19N5O3. The van der Waals surface area contributed by atoms with Gasteiger partial charge in [-0.25, -0.2) is 9.97 Å². The molecule has 0 saturated heterocycles. The zero-order chi connectivity index (χ0) is 20.4. The van der Waals surface area contributed by atoms with Gasteiger partial charge in [-0.1, -0.05) is 0 Å². The van der Waals surface area contributed by atoms with E-state index in [1.807, 2.05) is 13.8 Å². The van der Waals surface area contributed by atoms with Crippen molar-refractivity contribution in [2.45, 2.75) is 26.9 Å². The van der Waals surface area contributed by atoms with E-state index in [9.17, 15) is 9.59 Å². The number of rotatable bonds is 5. The zero-order valence-corrected chi connectivity index (χ0v) is 16.0. The van der Waals surface area contributed by atoms with Crippen LogP contribution in [0.5, 0.6) is 0 Å². The average molecular weight is 389 g/mol. The lowest BCUT2D eigenvalue weighted by molar-refractivity contribution is 0.0949. The van der Waals surface area contributed by atoms with Crippen LogP contribution in [0.2, 0.25) is 0 Å². The van der Waals surface area contributed by atoms with Crippen LogP contribution in [0.3, 0.4) is 0 Å². The monoisotopic (exact) mass is 389 g/mol. The maximum atomic E-state index is 12.9. The molecule has 0 fully saturated rings. The number of carbonyl (C=O) groups excluding carboxylic acids is 1. The molecule has 0 saturated carbocycles. The van der Waals surface area contributed by atoms with Crippen molar-refractivity contribution in [3.05, 3.63) is 76.3 Å². The predicted octanol–water partition coefficient (Wildman–Crippen LogP) is 2.70. The van der Waals surface area contributed by atoms with Crippen LogP contribution in [0.25, 0.3) is 22.5 Å². The van der Waals surface area contributed by atoms with E-state index in [0.717, 1.165) is 5.69 Å². The molecule has 1 amide bonds. The molecule has 4 aromatic heterocycles. The highest BCUT2D eigenvalue weighted by atomic mass is 16.3. The Morgan fingerprint density at radius 1 is 1.21 bits per heavy atom. The van der Waals surface area contributed by atoms with E-state index in [1.165, 1.54) is 0 Å². The smallest absolute Gasteiger partial charge is 0.257 e. The number of pyridine rings is 2. The second-order valence-corrected chi connectivity index (χ2v) is 6.49. The summed E-state index contributed by atoms with van der Waals surface area (Å²) in [6, 6.07) is 7.00. The molecule has 0 aliphatic carbocycles. The first-order chi connectivity index (χ1) is 14.1. The summed E-state index contributed by atoms with van der Waals surface area (Å²) >= 11 is 0. The Bertz CT molecular complexity index is 1250. The van der Waals surface area contributed by atoms with Crippen LogP contribution in [0.15, 0.2) is 58.3 Å². The van der Waals surface area contributed by atoms with E-state index in [-0.39, 0.29) is 17.5 Å². The minimum absolute atomic E-state index is 0.0634. The first-order valence-electron chi connectivity index (χ1n) is 9.21. The van der Waals surface area contributed by atoms with Crippen molar-refractivity contribution in [3.63, 3.8) is 0 Å². The first-order valence-corrected chi connectivity index (χ1v) is 9.21. The third-order valence-corrected chi connectivity index (χ3v) is 4.59. The minimum atomic E-state index is -0.476. The highest BCUT2D eigenvalue weighted by Crippen LogP contribution is 2.20. The van der Waals surface area contributed by atoms with Crippen LogP contribution in [-0.2, 0) is 13.1 Å². The van der Waals surface area contributed by atoms with E-state index in [1.54, 1.807) is 53.7 Å². The van der Waals surface area contributed by atoms with E-state index in [0.29, 0.717) is 34.7 Å². The summed E-state index contributed by atoms with van der Waals surface area (Å²) in [6.07, 6.45) is 6.20. The van der Waals surface area contributed by atoms with Gasteiger partial charge in [0.1, 0.15) is 16.9 Å². The average Bonchev–Trinajstić information content (AvgIpc) is 3.27. The molecule has 1 N–H and O–H groups in total. The number of hydrogen-bond acceptors (Lipinski definition) is 6. The fourth-order valence-corrected chi connectivity index (χ4v) is 3.14. The molecule has 0 aromatic carbocycles. The van der Waals surface area contributed by atoms with Crippen LogP contribution >= 0.6 is 0 Å². The lowest BCUT2D eigenvalue weighted by Crippen LogP contribution is -2.30. The molecule has 0 atom stereocenters. The number of carbonyl (C=O) groups is 1. The summed E-state index contributed by atoms with van der Waals surface area (Å²) in [4.78, 5) is 38.7. The number of nitrogens with one attached hydrogen (secondary N) is 1. The lowest BCUT2D eigenvalue weighted by Gasteiger charge is -2.12. The largest absolute Gasteiger partial charge is 0.463 e. The van der Waals surface area contributed by atoms with Crippen LogP contribution < -0.4 is 10.7 Å². The zero-order valence-electron chi connectivity index (χ0n) is 16.0. The fraction of sp³-hybridized carbons (Fsp3) is 0.190. The fourth-order valence-electron chi connectivity index (χ4n) is 3.14. The lowest BCUT2D eigenvalue weighted by atomic mass is 10.1. The van der Waals surface area contributed by atoms with Gasteiger partial charge in [0.25, 0.3) is 5.91 Å². The summed E-state index contributed by atoms with van der Waals surface area (Å²) in [5.74, 6) is 0.0820. The molecule has 29 heavy (non-hydrogen) atoms. The molecule has 8 nitrogen and oxygen atoms in total. The quantitative estimate of drug-likeness (QED) is 0.563. The summed E-state index contributed by atoms with van der Waals surface area (Å²) < 4.78 is 7.18. The molecule has 0 aliphatic heterocycles. The number of amides is 1. The number of fused-ring (bicyclic) bond motifs is 1. The Morgan fingerprint density at radius 3 is 2.79 bits per heavy atom. The van der Waals surface area contributed by atoms with Gasteiger partial charge in [-0.3, -0.25) is 14.6 Å². The van der Waals surface area contributed by atoms with Crippen molar-refractivity contribution in [2.24, 2.45) is 0 Å². The normalized spacial score (nSPS) is 11.0. The summed E-state index contributed by atoms with van der Waals surface area (Å²) in [5, 5.41) is 3.19. The van der Waals surface area contributed by atoms with Gasteiger partial charge in [-0.15, -0.1) is 0 Å². The second kappa shape index (κ2) is 7.67. The van der Waals surface area contributed by atoms with Crippen molar-refractivity contribution < 1.29 is 9.21 Å². The van der Waals surface area contributed by atoms with Crippen LogP contribution in [0.4, 0.5) is 0 Å². The summed E-state index contributed by atoms with van der Waals surface area (Å²) in [7, 11) is 0. The van der Waals surface area contributed by atoms with Crippen molar-refractivity contribution in [1.82, 2.24) is 24.8 Å². The Morgan fingerprint density at radius 2 is 2.03 bits per heavy atom. The highest BCUT2D eigenvalue weighted by Gasteiger charge is 2.17. The van der Waals surface area contributed by atoms with E-state index >= 15 is 0 Å². The molecule has 8 heteroatoms. The van der Waals surface area contributed by atoms with Crippen LogP contribution in [0.1, 0.15) is 28.7 Å².